The molecular weight excluding hydrogens is 411 g/mol. The summed E-state index contributed by atoms with van der Waals surface area (Å²) in [7, 11) is 1.64. The molecule has 144 valence electrons. The Labute approximate surface area is 180 Å². The maximum atomic E-state index is 6.39. The van der Waals surface area contributed by atoms with Crippen LogP contribution in [0.1, 0.15) is 11.1 Å². The van der Waals surface area contributed by atoms with Gasteiger partial charge in [-0.3, -0.25) is 0 Å². The van der Waals surface area contributed by atoms with Crippen LogP contribution in [0.3, 0.4) is 0 Å². The zero-order valence-electron chi connectivity index (χ0n) is 15.4. The van der Waals surface area contributed by atoms with Crippen LogP contribution < -0.4 is 10.1 Å². The van der Waals surface area contributed by atoms with Crippen LogP contribution in [0.5, 0.6) is 5.75 Å². The highest BCUT2D eigenvalue weighted by molar-refractivity contribution is 7.80. The van der Waals surface area contributed by atoms with Crippen LogP contribution in [0, 0.1) is 0 Å². The molecule has 0 aliphatic rings. The summed E-state index contributed by atoms with van der Waals surface area (Å²) in [6.07, 6.45) is 0. The first kappa shape index (κ1) is 20.5. The van der Waals surface area contributed by atoms with Gasteiger partial charge in [0, 0.05) is 34.9 Å². The average molecular weight is 431 g/mol. The summed E-state index contributed by atoms with van der Waals surface area (Å²) < 4.78 is 5.29. The molecule has 1 N–H and O–H groups in total. The standard InChI is InChI=1S/C22H20Cl2N2OS/c1-27-20-9-5-8-19(13-20)25-22(28)26(14-16-6-3-2-4-7-16)15-17-10-11-18(23)12-21(17)24/h2-13H,14-15H2,1H3,(H,25,28). The van der Waals surface area contributed by atoms with Crippen LogP contribution >= 0.6 is 35.4 Å². The minimum Gasteiger partial charge on any atom is -0.497 e. The molecule has 6 heteroatoms. The van der Waals surface area contributed by atoms with Crippen molar-refractivity contribution in [1.82, 2.24) is 4.90 Å². The number of ether oxygens (including phenoxy) is 1. The van der Waals surface area contributed by atoms with Crippen LogP contribution in [0.15, 0.2) is 72.8 Å². The lowest BCUT2D eigenvalue weighted by molar-refractivity contribution is 0.412. The molecule has 28 heavy (non-hydrogen) atoms. The number of halogens is 2. The summed E-state index contributed by atoms with van der Waals surface area (Å²) in [5.41, 5.74) is 2.98. The molecule has 0 aliphatic heterocycles. The van der Waals surface area contributed by atoms with Crippen LogP contribution in [0.25, 0.3) is 0 Å². The van der Waals surface area contributed by atoms with Crippen molar-refractivity contribution in [2.75, 3.05) is 12.4 Å². The van der Waals surface area contributed by atoms with Gasteiger partial charge < -0.3 is 15.0 Å². The van der Waals surface area contributed by atoms with E-state index in [2.05, 4.69) is 22.3 Å². The lowest BCUT2D eigenvalue weighted by atomic mass is 10.1. The number of thiocarbonyl (C=S) groups is 1. The molecule has 3 aromatic rings. The predicted octanol–water partition coefficient (Wildman–Crippen LogP) is 6.40. The lowest BCUT2D eigenvalue weighted by Gasteiger charge is -2.27. The second kappa shape index (κ2) is 9.78. The highest BCUT2D eigenvalue weighted by Gasteiger charge is 2.14. The van der Waals surface area contributed by atoms with Crippen LogP contribution in [0.4, 0.5) is 5.69 Å². The number of nitrogens with one attached hydrogen (secondary N) is 1. The van der Waals surface area contributed by atoms with Gasteiger partial charge in [-0.05, 0) is 47.6 Å². The van der Waals surface area contributed by atoms with Crippen LogP contribution in [-0.2, 0) is 13.1 Å². The fourth-order valence-corrected chi connectivity index (χ4v) is 3.48. The van der Waals surface area contributed by atoms with E-state index in [0.717, 1.165) is 22.6 Å². The van der Waals surface area contributed by atoms with Gasteiger partial charge >= 0.3 is 0 Å². The molecule has 3 rings (SSSR count). The SMILES string of the molecule is COc1cccc(NC(=S)N(Cc2ccccc2)Cc2ccc(Cl)cc2Cl)c1. The van der Waals surface area contributed by atoms with Gasteiger partial charge in [-0.15, -0.1) is 0 Å². The van der Waals surface area contributed by atoms with E-state index in [-0.39, 0.29) is 0 Å². The van der Waals surface area contributed by atoms with Crippen LogP contribution in [0.2, 0.25) is 10.0 Å². The van der Waals surface area contributed by atoms with Crippen molar-refractivity contribution in [1.29, 1.82) is 0 Å². The minimum absolute atomic E-state index is 0.556. The Morgan fingerprint density at radius 3 is 2.46 bits per heavy atom. The van der Waals surface area contributed by atoms with E-state index in [1.165, 1.54) is 0 Å². The number of methoxy groups -OCH3 is 1. The quantitative estimate of drug-likeness (QED) is 0.457. The number of hydrogen-bond acceptors (Lipinski definition) is 2. The average Bonchev–Trinajstić information content (AvgIpc) is 2.70. The van der Waals surface area contributed by atoms with Crippen molar-refractivity contribution >= 4 is 46.2 Å². The Balaban J connectivity index is 1.82. The topological polar surface area (TPSA) is 24.5 Å². The van der Waals surface area contributed by atoms with Crippen molar-refractivity contribution in [3.05, 3.63) is 94.0 Å². The second-order valence-electron chi connectivity index (χ2n) is 6.24. The summed E-state index contributed by atoms with van der Waals surface area (Å²) in [4.78, 5) is 2.07. The molecule has 0 bridgehead atoms. The van der Waals surface area contributed by atoms with Gasteiger partial charge in [-0.1, -0.05) is 65.7 Å². The number of hydrogen-bond donors (Lipinski definition) is 1. The summed E-state index contributed by atoms with van der Waals surface area (Å²) in [5, 5.41) is 5.13. The Hall–Kier alpha value is -2.27. The van der Waals surface area contributed by atoms with Crippen molar-refractivity contribution in [2.24, 2.45) is 0 Å². The monoisotopic (exact) mass is 430 g/mol. The fraction of sp³-hybridized carbons (Fsp3) is 0.136. The molecule has 0 amide bonds. The summed E-state index contributed by atoms with van der Waals surface area (Å²) in [6, 6.07) is 23.4. The summed E-state index contributed by atoms with van der Waals surface area (Å²) >= 11 is 18.1. The first-order valence-electron chi connectivity index (χ1n) is 8.73. The van der Waals surface area contributed by atoms with Crippen molar-refractivity contribution < 1.29 is 4.74 Å². The molecule has 0 saturated heterocycles. The number of benzene rings is 3. The van der Waals surface area contributed by atoms with E-state index in [0.29, 0.717) is 28.2 Å². The summed E-state index contributed by atoms with van der Waals surface area (Å²) in [6.45, 7) is 1.20. The Morgan fingerprint density at radius 1 is 0.964 bits per heavy atom. The first-order chi connectivity index (χ1) is 13.5. The molecule has 0 spiro atoms. The maximum absolute atomic E-state index is 6.39. The molecular formula is C22H20Cl2N2OS. The Bertz CT molecular complexity index is 950. The molecule has 3 aromatic carbocycles. The van der Waals surface area contributed by atoms with Gasteiger partial charge in [0.05, 0.1) is 7.11 Å². The van der Waals surface area contributed by atoms with E-state index in [4.69, 9.17) is 40.2 Å². The largest absolute Gasteiger partial charge is 0.497 e. The van der Waals surface area contributed by atoms with Gasteiger partial charge in [-0.25, -0.2) is 0 Å². The van der Waals surface area contributed by atoms with Crippen molar-refractivity contribution in [3.8, 4) is 5.75 Å². The van der Waals surface area contributed by atoms with E-state index in [1.807, 2.05) is 54.6 Å². The smallest absolute Gasteiger partial charge is 0.174 e. The molecule has 0 aromatic heterocycles. The van der Waals surface area contributed by atoms with Gasteiger partial charge in [0.25, 0.3) is 0 Å². The molecule has 0 heterocycles. The third kappa shape index (κ3) is 5.61. The minimum atomic E-state index is 0.556. The maximum Gasteiger partial charge on any atom is 0.174 e. The molecule has 0 fully saturated rings. The molecule has 0 aliphatic carbocycles. The summed E-state index contributed by atoms with van der Waals surface area (Å²) in [5.74, 6) is 0.767. The van der Waals surface area contributed by atoms with Gasteiger partial charge in [0.2, 0.25) is 0 Å². The lowest BCUT2D eigenvalue weighted by Crippen LogP contribution is -2.33. The third-order valence-corrected chi connectivity index (χ3v) is 5.15. The molecule has 0 atom stereocenters. The fourth-order valence-electron chi connectivity index (χ4n) is 2.76. The molecule has 3 nitrogen and oxygen atoms in total. The van der Waals surface area contributed by atoms with E-state index in [1.54, 1.807) is 13.2 Å². The molecule has 0 radical (unpaired) electrons. The predicted molar refractivity (Wildman–Crippen MR) is 121 cm³/mol. The molecule has 0 unspecified atom stereocenters. The first-order valence-corrected chi connectivity index (χ1v) is 9.89. The number of rotatable bonds is 6. The Morgan fingerprint density at radius 2 is 1.75 bits per heavy atom. The Kier molecular flexibility index (Phi) is 7.15. The highest BCUT2D eigenvalue weighted by atomic mass is 35.5. The third-order valence-electron chi connectivity index (χ3n) is 4.20. The second-order valence-corrected chi connectivity index (χ2v) is 7.47. The molecule has 0 saturated carbocycles. The van der Waals surface area contributed by atoms with Crippen molar-refractivity contribution in [2.45, 2.75) is 13.1 Å². The van der Waals surface area contributed by atoms with Gasteiger partial charge in [0.15, 0.2) is 5.11 Å². The zero-order valence-corrected chi connectivity index (χ0v) is 17.7. The van der Waals surface area contributed by atoms with E-state index < -0.39 is 0 Å². The van der Waals surface area contributed by atoms with Gasteiger partial charge in [-0.2, -0.15) is 0 Å². The zero-order chi connectivity index (χ0) is 19.9. The van der Waals surface area contributed by atoms with E-state index >= 15 is 0 Å². The van der Waals surface area contributed by atoms with Crippen LogP contribution in [-0.4, -0.2) is 17.1 Å². The normalized spacial score (nSPS) is 10.4. The number of nitrogens with zero attached hydrogens (tertiary/aromatic N) is 1. The van der Waals surface area contributed by atoms with Gasteiger partial charge in [0.1, 0.15) is 5.75 Å². The van der Waals surface area contributed by atoms with E-state index in [9.17, 15) is 0 Å². The van der Waals surface area contributed by atoms with Crippen molar-refractivity contribution in [3.63, 3.8) is 0 Å². The highest BCUT2D eigenvalue weighted by Crippen LogP contribution is 2.24. The number of anilines is 1.